The van der Waals surface area contributed by atoms with Gasteiger partial charge in [-0.15, -0.1) is 0 Å². The molecule has 25 nitrogen and oxygen atoms in total. The summed E-state index contributed by atoms with van der Waals surface area (Å²) in [6, 6.07) is -9.13. The van der Waals surface area contributed by atoms with Crippen LogP contribution in [0.4, 0.5) is 0 Å². The molecule has 2 heterocycles. The number of carbonyl (C=O) groups excluding carboxylic acids is 9. The fourth-order valence-electron chi connectivity index (χ4n) is 9.43. The highest BCUT2D eigenvalue weighted by atomic mass is 16.5. The first kappa shape index (κ1) is 64.1. The second-order valence-electron chi connectivity index (χ2n) is 20.1. The Balaban J connectivity index is 2.23. The van der Waals surface area contributed by atoms with Crippen molar-refractivity contribution < 1.29 is 72.8 Å². The van der Waals surface area contributed by atoms with Crippen LogP contribution in [0.2, 0.25) is 0 Å². The maximum Gasteiger partial charge on any atom is 0.328 e. The third kappa shape index (κ3) is 17.5. The number of nitrogens with zero attached hydrogens (tertiary/aromatic N) is 4. The summed E-state index contributed by atoms with van der Waals surface area (Å²) in [6.45, 7) is 13.3. The summed E-state index contributed by atoms with van der Waals surface area (Å²) in [7, 11) is 6.67. The molecule has 1 saturated heterocycles. The number of carbonyl (C=O) groups is 11. The molecule has 12 atom stereocenters. The molecule has 2 rings (SSSR count). The number of nitrogens with one attached hydrogen (secondary N) is 5. The Bertz CT molecular complexity index is 2020. The van der Waals surface area contributed by atoms with Gasteiger partial charge in [0, 0.05) is 64.8 Å². The van der Waals surface area contributed by atoms with Gasteiger partial charge in [-0.1, -0.05) is 54.9 Å². The minimum absolute atomic E-state index is 0.0105. The van der Waals surface area contributed by atoms with Crippen LogP contribution in [0, 0.1) is 23.7 Å². The molecule has 25 heteroatoms. The van der Waals surface area contributed by atoms with Crippen LogP contribution in [0.1, 0.15) is 100 Å². The molecule has 0 aromatic rings. The molecule has 418 valence electrons. The number of hydrogen-bond acceptors (Lipinski definition) is 15. The maximum absolute atomic E-state index is 14.2. The van der Waals surface area contributed by atoms with Gasteiger partial charge in [0.15, 0.2) is 0 Å². The zero-order valence-corrected chi connectivity index (χ0v) is 44.9. The average molecular weight is 1050 g/mol. The van der Waals surface area contributed by atoms with Crippen LogP contribution < -0.4 is 32.3 Å². The molecule has 0 aromatic heterocycles. The molecule has 0 aromatic carbocycles. The molecule has 2 aliphatic heterocycles. The lowest BCUT2D eigenvalue weighted by molar-refractivity contribution is -0.146. The molecule has 0 bridgehead atoms. The van der Waals surface area contributed by atoms with Crippen LogP contribution in [0.3, 0.4) is 0 Å². The number of aliphatic carboxylic acids is 2. The van der Waals surface area contributed by atoms with Crippen molar-refractivity contribution in [1.82, 2.24) is 46.2 Å². The summed E-state index contributed by atoms with van der Waals surface area (Å²) in [6.07, 6.45) is 0.129. The molecule has 2 aliphatic rings. The molecule has 0 aliphatic carbocycles. The highest BCUT2D eigenvalue weighted by Crippen LogP contribution is 2.29. The number of amides is 9. The molecule has 9 amide bonds. The molecule has 0 unspecified atom stereocenters. The summed E-state index contributed by atoms with van der Waals surface area (Å²) in [5, 5.41) is 42.1. The summed E-state index contributed by atoms with van der Waals surface area (Å²) in [4.78, 5) is 149. The second kappa shape index (κ2) is 29.7. The van der Waals surface area contributed by atoms with Crippen molar-refractivity contribution in [2.75, 3.05) is 47.9 Å². The minimum atomic E-state index is -1.89. The van der Waals surface area contributed by atoms with Crippen LogP contribution >= 0.6 is 0 Å². The van der Waals surface area contributed by atoms with Gasteiger partial charge in [0.05, 0.1) is 30.2 Å². The normalized spacial score (nSPS) is 19.1. The quantitative estimate of drug-likeness (QED) is 0.0345. The van der Waals surface area contributed by atoms with Gasteiger partial charge in [-0.25, -0.2) is 4.79 Å². The van der Waals surface area contributed by atoms with Crippen molar-refractivity contribution in [3.05, 3.63) is 12.2 Å². The number of hydrogen-bond donors (Lipinski definition) is 9. The number of ether oxygens (including phenoxy) is 1. The fraction of sp³-hybridized carbons (Fsp3) is 0.735. The predicted octanol–water partition coefficient (Wildman–Crippen LogP) is -1.84. The van der Waals surface area contributed by atoms with Crippen molar-refractivity contribution in [2.24, 2.45) is 29.4 Å². The van der Waals surface area contributed by atoms with Gasteiger partial charge in [-0.3, -0.25) is 57.7 Å². The first-order valence-electron chi connectivity index (χ1n) is 25.2. The Hall–Kier alpha value is -6.05. The number of carboxylic acid groups (broad SMARTS) is 2. The van der Waals surface area contributed by atoms with E-state index >= 15 is 0 Å². The van der Waals surface area contributed by atoms with E-state index in [1.807, 2.05) is 60.5 Å². The number of imide groups is 1. The van der Waals surface area contributed by atoms with E-state index in [0.29, 0.717) is 37.1 Å². The summed E-state index contributed by atoms with van der Waals surface area (Å²) < 4.78 is 5.84. The summed E-state index contributed by atoms with van der Waals surface area (Å²) in [5.41, 5.74) is 5.62. The van der Waals surface area contributed by atoms with Crippen LogP contribution in [-0.4, -0.2) is 208 Å². The number of rotatable bonds is 31. The van der Waals surface area contributed by atoms with E-state index in [2.05, 4.69) is 26.6 Å². The highest BCUT2D eigenvalue weighted by Gasteiger charge is 2.43. The third-order valence-corrected chi connectivity index (χ3v) is 13.8. The van der Waals surface area contributed by atoms with E-state index in [9.17, 15) is 68.1 Å². The van der Waals surface area contributed by atoms with E-state index < -0.39 is 134 Å². The molecular formula is C49H82N10O15. The largest absolute Gasteiger partial charge is 0.481 e. The van der Waals surface area contributed by atoms with Crippen molar-refractivity contribution in [1.29, 1.82) is 0 Å². The number of carboxylic acids is 2. The molecule has 10 N–H and O–H groups in total. The molecule has 0 saturated carbocycles. The molecular weight excluding hydrogens is 969 g/mol. The predicted molar refractivity (Wildman–Crippen MR) is 268 cm³/mol. The van der Waals surface area contributed by atoms with E-state index in [1.54, 1.807) is 16.8 Å². The van der Waals surface area contributed by atoms with E-state index in [-0.39, 0.29) is 47.9 Å². The van der Waals surface area contributed by atoms with Gasteiger partial charge >= 0.3 is 11.9 Å². The first-order chi connectivity index (χ1) is 34.6. The maximum atomic E-state index is 14.2. The zero-order valence-electron chi connectivity index (χ0n) is 44.9. The van der Waals surface area contributed by atoms with E-state index in [4.69, 9.17) is 10.5 Å². The van der Waals surface area contributed by atoms with Crippen molar-refractivity contribution in [3.8, 4) is 0 Å². The second-order valence-corrected chi connectivity index (χ2v) is 20.1. The van der Waals surface area contributed by atoms with Gasteiger partial charge < -0.3 is 62.2 Å². The van der Waals surface area contributed by atoms with Gasteiger partial charge in [-0.05, 0) is 64.5 Å². The topological polar surface area (TPSA) is 357 Å². The van der Waals surface area contributed by atoms with E-state index in [0.717, 1.165) is 12.2 Å². The standard InChI is InChI=1S/C49H82N10O15/c1-13-27(6)32(57(11)48(71)39(25(2)3)54-47(70)41(26(4)5)56(9)10)17-18-35(61)58-22-14-15-33(58)42(74-12)28(7)43(66)55-40(29(8)60)46(69)52-30(16-21-38(64)65)44(67)53-31(49(72)73)24-51-45(68)34(23-50)59-36(62)19-20-37(59)63/h19-20,25-34,39-42,60H,13-18,21-24,50H2,1-12H3,(H,51,68)(H,52,69)(H,53,67)(H,54,70)(H,55,66)(H,64,65)(H,72,73)/t27-,28+,29+,30-,31-,32+,33-,34-,39-,40-,41-,42+/m0/s1. The van der Waals surface area contributed by atoms with Gasteiger partial charge in [-0.2, -0.15) is 0 Å². The van der Waals surface area contributed by atoms with E-state index in [1.165, 1.54) is 21.0 Å². The lowest BCUT2D eigenvalue weighted by atomic mass is 9.91. The Morgan fingerprint density at radius 2 is 1.35 bits per heavy atom. The third-order valence-electron chi connectivity index (χ3n) is 13.8. The lowest BCUT2D eigenvalue weighted by Gasteiger charge is -2.38. The van der Waals surface area contributed by atoms with Crippen LogP contribution in [0.5, 0.6) is 0 Å². The zero-order chi connectivity index (χ0) is 56.5. The van der Waals surface area contributed by atoms with Gasteiger partial charge in [0.2, 0.25) is 41.4 Å². The Morgan fingerprint density at radius 1 is 0.770 bits per heavy atom. The Morgan fingerprint density at radius 3 is 1.84 bits per heavy atom. The smallest absolute Gasteiger partial charge is 0.328 e. The molecule has 1 fully saturated rings. The molecule has 0 spiro atoms. The van der Waals surface area contributed by atoms with Crippen LogP contribution in [0.15, 0.2) is 12.2 Å². The Kier molecular flexibility index (Phi) is 25.7. The number of likely N-dealkylation sites (N-methyl/N-ethyl adjacent to an activating group) is 2. The summed E-state index contributed by atoms with van der Waals surface area (Å²) in [5.74, 6) is -11.0. The number of methoxy groups -OCH3 is 1. The van der Waals surface area contributed by atoms with Crippen LogP contribution in [-0.2, 0) is 57.5 Å². The van der Waals surface area contributed by atoms with Crippen LogP contribution in [0.25, 0.3) is 0 Å². The van der Waals surface area contributed by atoms with Gasteiger partial charge in [0.25, 0.3) is 11.8 Å². The number of aliphatic hydroxyl groups is 1. The highest BCUT2D eigenvalue weighted by molar-refractivity contribution is 6.15. The number of nitrogens with two attached hydrogens (primary N) is 1. The Labute approximate surface area is 433 Å². The van der Waals surface area contributed by atoms with Gasteiger partial charge in [0.1, 0.15) is 30.2 Å². The van der Waals surface area contributed by atoms with Crippen molar-refractivity contribution >= 4 is 65.1 Å². The average Bonchev–Trinajstić information content (AvgIpc) is 3.94. The fourth-order valence-corrected chi connectivity index (χ4v) is 9.43. The number of aliphatic hydroxyl groups excluding tert-OH is 1. The monoisotopic (exact) mass is 1050 g/mol. The molecule has 74 heavy (non-hydrogen) atoms. The van der Waals surface area contributed by atoms with Crippen molar-refractivity contribution in [2.45, 2.75) is 161 Å². The first-order valence-corrected chi connectivity index (χ1v) is 25.2. The summed E-state index contributed by atoms with van der Waals surface area (Å²) >= 11 is 0. The SMILES string of the molecule is CC[C@H](C)[C@@H](CCC(=O)N1CCC[C@H]1[C@H](OC)[C@@H](C)C(=O)N[C@H](C(=O)N[C@@H](CCC(=O)O)C(=O)N[C@@H](CNC(=O)[C@H](CN)N1C(=O)C=CC1=O)C(=O)O)[C@@H](C)O)N(C)C(=O)[C@@H](NC(=O)[C@H](C(C)C)N(C)C)C(C)C. The molecule has 0 radical (unpaired) electrons. The lowest BCUT2D eigenvalue weighted by Crippen LogP contribution is -2.60. The number of likely N-dealkylation sites (tertiary alicyclic amines) is 1. The minimum Gasteiger partial charge on any atom is -0.481 e. The van der Waals surface area contributed by atoms with Crippen molar-refractivity contribution in [3.63, 3.8) is 0 Å².